The monoisotopic (exact) mass is 523 g/mol. The molecule has 1 atom stereocenters. The number of guanidine groups is 1. The van der Waals surface area contributed by atoms with Crippen molar-refractivity contribution in [1.29, 1.82) is 0 Å². The molecule has 0 radical (unpaired) electrons. The minimum Gasteiger partial charge on any atom is -0.357 e. The zero-order chi connectivity index (χ0) is 20.1. The molecule has 2 aliphatic heterocycles. The van der Waals surface area contributed by atoms with Gasteiger partial charge in [-0.2, -0.15) is 5.10 Å². The van der Waals surface area contributed by atoms with Crippen molar-refractivity contribution < 1.29 is 0 Å². The van der Waals surface area contributed by atoms with Gasteiger partial charge in [0.2, 0.25) is 0 Å². The van der Waals surface area contributed by atoms with Gasteiger partial charge in [0.1, 0.15) is 5.82 Å². The Labute approximate surface area is 197 Å². The molecule has 1 N–H and O–H groups in total. The summed E-state index contributed by atoms with van der Waals surface area (Å²) in [5, 5.41) is 7.83. The Morgan fingerprint density at radius 3 is 2.57 bits per heavy atom. The van der Waals surface area contributed by atoms with Crippen molar-refractivity contribution in [3.8, 4) is 0 Å². The lowest BCUT2D eigenvalue weighted by atomic mass is 10.0. The minimum atomic E-state index is 0. The average Bonchev–Trinajstić information content (AvgIpc) is 3.31. The van der Waals surface area contributed by atoms with Gasteiger partial charge >= 0.3 is 0 Å². The molecule has 0 amide bonds. The van der Waals surface area contributed by atoms with Gasteiger partial charge in [-0.05, 0) is 36.5 Å². The second-order valence-corrected chi connectivity index (χ2v) is 8.21. The number of hydrogen-bond donors (Lipinski definition) is 1. The second-order valence-electron chi connectivity index (χ2n) is 8.21. The molecule has 0 aromatic carbocycles. The molecule has 0 saturated carbocycles. The minimum absolute atomic E-state index is 0. The van der Waals surface area contributed by atoms with Crippen LogP contribution < -0.4 is 10.2 Å². The summed E-state index contributed by atoms with van der Waals surface area (Å²) in [6.07, 6.45) is 12.5. The van der Waals surface area contributed by atoms with E-state index in [0.717, 1.165) is 50.9 Å². The Balaban J connectivity index is 0.00000256. The van der Waals surface area contributed by atoms with E-state index in [1.807, 2.05) is 31.2 Å². The number of hydrogen-bond acceptors (Lipinski definition) is 4. The first kappa shape index (κ1) is 22.8. The highest BCUT2D eigenvalue weighted by atomic mass is 127. The summed E-state index contributed by atoms with van der Waals surface area (Å²) in [6, 6.07) is 4.36. The van der Waals surface area contributed by atoms with E-state index in [2.05, 4.69) is 43.5 Å². The molecule has 8 heteroatoms. The first-order valence-corrected chi connectivity index (χ1v) is 10.9. The Morgan fingerprint density at radius 1 is 1.13 bits per heavy atom. The van der Waals surface area contributed by atoms with Gasteiger partial charge in [0.05, 0.1) is 6.20 Å². The fourth-order valence-electron chi connectivity index (χ4n) is 4.40. The van der Waals surface area contributed by atoms with E-state index in [-0.39, 0.29) is 24.0 Å². The number of pyridine rings is 1. The lowest BCUT2D eigenvalue weighted by Crippen LogP contribution is -2.39. The summed E-state index contributed by atoms with van der Waals surface area (Å²) in [5.41, 5.74) is 2.51. The summed E-state index contributed by atoms with van der Waals surface area (Å²) in [6.45, 7) is 5.01. The second kappa shape index (κ2) is 11.0. The molecular weight excluding hydrogens is 489 g/mol. The van der Waals surface area contributed by atoms with Gasteiger partial charge in [-0.25, -0.2) is 4.98 Å². The van der Waals surface area contributed by atoms with Gasteiger partial charge < -0.3 is 15.1 Å². The number of nitrogens with one attached hydrogen (secondary N) is 1. The number of nitrogens with zero attached hydrogens (tertiary/aromatic N) is 6. The molecule has 4 heterocycles. The van der Waals surface area contributed by atoms with Crippen LogP contribution in [0.3, 0.4) is 0 Å². The molecule has 0 spiro atoms. The third kappa shape index (κ3) is 5.65. The summed E-state index contributed by atoms with van der Waals surface area (Å²) < 4.78 is 1.88. The Bertz CT molecular complexity index is 809. The van der Waals surface area contributed by atoms with Crippen molar-refractivity contribution in [2.45, 2.75) is 44.6 Å². The highest BCUT2D eigenvalue weighted by Gasteiger charge is 2.26. The Morgan fingerprint density at radius 2 is 1.93 bits per heavy atom. The maximum Gasteiger partial charge on any atom is 0.193 e. The quantitative estimate of drug-likeness (QED) is 0.379. The Hall–Kier alpha value is -1.84. The maximum atomic E-state index is 4.72. The SMILES string of the molecule is CN=C(NCc1ccc(N2CCCCCC2)nc1)N1CCC(c2cnn(C)c2)C1.I. The van der Waals surface area contributed by atoms with Gasteiger partial charge in [0, 0.05) is 65.1 Å². The fourth-order valence-corrected chi connectivity index (χ4v) is 4.40. The normalized spacial score (nSPS) is 20.1. The summed E-state index contributed by atoms with van der Waals surface area (Å²) in [4.78, 5) is 14.0. The van der Waals surface area contributed by atoms with Gasteiger partial charge in [0.25, 0.3) is 0 Å². The van der Waals surface area contributed by atoms with E-state index in [9.17, 15) is 0 Å². The van der Waals surface area contributed by atoms with E-state index in [1.54, 1.807) is 0 Å². The molecule has 2 saturated heterocycles. The van der Waals surface area contributed by atoms with Crippen LogP contribution in [0.1, 0.15) is 49.1 Å². The van der Waals surface area contributed by atoms with Crippen molar-refractivity contribution in [1.82, 2.24) is 25.0 Å². The van der Waals surface area contributed by atoms with Crippen molar-refractivity contribution in [3.05, 3.63) is 41.9 Å². The summed E-state index contributed by atoms with van der Waals surface area (Å²) >= 11 is 0. The topological polar surface area (TPSA) is 61.6 Å². The molecule has 2 aromatic rings. The van der Waals surface area contributed by atoms with E-state index in [0.29, 0.717) is 5.92 Å². The van der Waals surface area contributed by atoms with Crippen molar-refractivity contribution >= 4 is 35.8 Å². The highest BCUT2D eigenvalue weighted by Crippen LogP contribution is 2.26. The smallest absolute Gasteiger partial charge is 0.193 e. The number of anilines is 1. The van der Waals surface area contributed by atoms with Crippen LogP contribution in [0.4, 0.5) is 5.82 Å². The molecule has 2 aromatic heterocycles. The number of halogens is 1. The van der Waals surface area contributed by atoms with Crippen LogP contribution in [0.25, 0.3) is 0 Å². The van der Waals surface area contributed by atoms with E-state index < -0.39 is 0 Å². The number of aliphatic imine (C=N–C) groups is 1. The summed E-state index contributed by atoms with van der Waals surface area (Å²) in [5.74, 6) is 2.60. The molecular formula is C22H34IN7. The molecule has 2 fully saturated rings. The molecule has 2 aliphatic rings. The zero-order valence-electron chi connectivity index (χ0n) is 18.1. The third-order valence-electron chi connectivity index (χ3n) is 6.09. The van der Waals surface area contributed by atoms with Crippen molar-refractivity contribution in [2.24, 2.45) is 12.0 Å². The predicted molar refractivity (Wildman–Crippen MR) is 133 cm³/mol. The fraction of sp³-hybridized carbons (Fsp3) is 0.591. The van der Waals surface area contributed by atoms with Crippen LogP contribution in [0.15, 0.2) is 35.7 Å². The van der Waals surface area contributed by atoms with Crippen LogP contribution >= 0.6 is 24.0 Å². The van der Waals surface area contributed by atoms with Crippen LogP contribution in [0.2, 0.25) is 0 Å². The van der Waals surface area contributed by atoms with Crippen LogP contribution in [-0.2, 0) is 13.6 Å². The van der Waals surface area contributed by atoms with E-state index in [1.165, 1.54) is 36.8 Å². The first-order valence-electron chi connectivity index (χ1n) is 10.9. The molecule has 4 rings (SSSR count). The molecule has 0 aliphatic carbocycles. The number of aromatic nitrogens is 3. The predicted octanol–water partition coefficient (Wildman–Crippen LogP) is 3.38. The van der Waals surface area contributed by atoms with E-state index >= 15 is 0 Å². The van der Waals surface area contributed by atoms with E-state index in [4.69, 9.17) is 4.98 Å². The van der Waals surface area contributed by atoms with Gasteiger partial charge in [0.15, 0.2) is 5.96 Å². The van der Waals surface area contributed by atoms with Crippen LogP contribution in [0, 0.1) is 0 Å². The lowest BCUT2D eigenvalue weighted by molar-refractivity contribution is 0.485. The third-order valence-corrected chi connectivity index (χ3v) is 6.09. The highest BCUT2D eigenvalue weighted by molar-refractivity contribution is 14.0. The molecule has 164 valence electrons. The molecule has 7 nitrogen and oxygen atoms in total. The molecule has 1 unspecified atom stereocenters. The van der Waals surface area contributed by atoms with Crippen LogP contribution in [0.5, 0.6) is 0 Å². The van der Waals surface area contributed by atoms with Gasteiger partial charge in [-0.15, -0.1) is 24.0 Å². The zero-order valence-corrected chi connectivity index (χ0v) is 20.5. The van der Waals surface area contributed by atoms with Gasteiger partial charge in [-0.3, -0.25) is 9.67 Å². The standard InChI is InChI=1S/C22H33N7.HI/c1-23-22(29-12-9-19(17-29)20-15-26-27(2)16-20)25-14-18-7-8-21(24-13-18)28-10-5-3-4-6-11-28;/h7-8,13,15-16,19H,3-6,9-12,14,17H2,1-2H3,(H,23,25);1H. The largest absolute Gasteiger partial charge is 0.357 e. The Kier molecular flexibility index (Phi) is 8.35. The molecule has 0 bridgehead atoms. The van der Waals surface area contributed by atoms with Crippen molar-refractivity contribution in [2.75, 3.05) is 38.1 Å². The maximum absolute atomic E-state index is 4.72. The molecule has 30 heavy (non-hydrogen) atoms. The summed E-state index contributed by atoms with van der Waals surface area (Å²) in [7, 11) is 3.84. The van der Waals surface area contributed by atoms with Crippen LogP contribution in [-0.4, -0.2) is 58.9 Å². The lowest BCUT2D eigenvalue weighted by Gasteiger charge is -2.23. The van der Waals surface area contributed by atoms with Crippen molar-refractivity contribution in [3.63, 3.8) is 0 Å². The van der Waals surface area contributed by atoms with Gasteiger partial charge in [-0.1, -0.05) is 18.9 Å². The number of likely N-dealkylation sites (tertiary alicyclic amines) is 1. The number of aryl methyl sites for hydroxylation is 1. The first-order chi connectivity index (χ1) is 14.2. The average molecular weight is 523 g/mol. The number of rotatable bonds is 4.